The number of rotatable bonds is 7. The summed E-state index contributed by atoms with van der Waals surface area (Å²) in [6.45, 7) is 1.58. The first-order chi connectivity index (χ1) is 17.7. The normalized spacial score (nSPS) is 14.6. The zero-order valence-electron chi connectivity index (χ0n) is 20.6. The number of aromatic hydroxyl groups is 1. The van der Waals surface area contributed by atoms with Gasteiger partial charge in [-0.3, -0.25) is 9.59 Å². The third-order valence-corrected chi connectivity index (χ3v) is 7.44. The van der Waals surface area contributed by atoms with Gasteiger partial charge in [-0.2, -0.15) is 0 Å². The van der Waals surface area contributed by atoms with Crippen LogP contribution in [0.15, 0.2) is 77.7 Å². The third kappa shape index (κ3) is 6.03. The second-order valence-corrected chi connectivity index (χ2v) is 10.8. The number of phenolic OH excluding ortho intramolecular Hbond substituents is 1. The van der Waals surface area contributed by atoms with Crippen molar-refractivity contribution in [2.24, 2.45) is 0 Å². The maximum Gasteiger partial charge on any atom is 0.252 e. The fraction of sp³-hybridized carbons (Fsp3) is 0.259. The van der Waals surface area contributed by atoms with Gasteiger partial charge >= 0.3 is 0 Å². The Kier molecular flexibility index (Phi) is 7.68. The van der Waals surface area contributed by atoms with E-state index >= 15 is 0 Å². The van der Waals surface area contributed by atoms with Crippen molar-refractivity contribution in [1.82, 2.24) is 10.2 Å². The molecule has 1 fully saturated rings. The van der Waals surface area contributed by atoms with Crippen molar-refractivity contribution in [3.63, 3.8) is 0 Å². The highest BCUT2D eigenvalue weighted by atomic mass is 32.2. The van der Waals surface area contributed by atoms with Crippen molar-refractivity contribution in [3.8, 4) is 11.5 Å². The Labute approximate surface area is 216 Å². The zero-order chi connectivity index (χ0) is 26.6. The first-order valence-corrected chi connectivity index (χ1v) is 13.6. The largest absolute Gasteiger partial charge is 0.508 e. The van der Waals surface area contributed by atoms with Gasteiger partial charge < -0.3 is 25.0 Å². The summed E-state index contributed by atoms with van der Waals surface area (Å²) in [6.07, 6.45) is 1.18. The maximum absolute atomic E-state index is 13.6. The molecule has 0 bridgehead atoms. The molecule has 37 heavy (non-hydrogen) atoms. The molecule has 0 spiro atoms. The molecule has 1 aliphatic heterocycles. The van der Waals surface area contributed by atoms with Crippen LogP contribution >= 0.6 is 0 Å². The first-order valence-electron chi connectivity index (χ1n) is 11.7. The van der Waals surface area contributed by atoms with Gasteiger partial charge in [-0.15, -0.1) is 0 Å². The van der Waals surface area contributed by atoms with Gasteiger partial charge in [0.25, 0.3) is 5.91 Å². The number of methoxy groups -OCH3 is 1. The van der Waals surface area contributed by atoms with Crippen molar-refractivity contribution in [2.75, 3.05) is 44.4 Å². The van der Waals surface area contributed by atoms with E-state index in [4.69, 9.17) is 4.74 Å². The summed E-state index contributed by atoms with van der Waals surface area (Å²) in [4.78, 5) is 30.5. The van der Waals surface area contributed by atoms with Crippen LogP contribution in [0, 0.1) is 0 Å². The van der Waals surface area contributed by atoms with Gasteiger partial charge in [0.05, 0.1) is 17.7 Å². The molecule has 3 aromatic rings. The minimum absolute atomic E-state index is 0.0505. The number of nitrogens with one attached hydrogen (secondary N) is 1. The number of hydrogen-bond donors (Lipinski definition) is 2. The minimum Gasteiger partial charge on any atom is -0.508 e. The van der Waals surface area contributed by atoms with Crippen molar-refractivity contribution >= 4 is 27.3 Å². The molecule has 0 radical (unpaired) electrons. The molecule has 10 heteroatoms. The number of para-hydroxylation sites is 1. The van der Waals surface area contributed by atoms with Crippen LogP contribution in [0.1, 0.15) is 22.0 Å². The summed E-state index contributed by atoms with van der Waals surface area (Å²) >= 11 is 0. The van der Waals surface area contributed by atoms with Gasteiger partial charge in [0, 0.05) is 38.0 Å². The molecule has 4 rings (SSSR count). The van der Waals surface area contributed by atoms with Crippen LogP contribution < -0.4 is 15.0 Å². The lowest BCUT2D eigenvalue weighted by Gasteiger charge is -2.38. The number of anilines is 1. The minimum atomic E-state index is -3.41. The number of hydrogen-bond acceptors (Lipinski definition) is 7. The first kappa shape index (κ1) is 26.0. The van der Waals surface area contributed by atoms with Crippen LogP contribution in [-0.2, 0) is 14.6 Å². The van der Waals surface area contributed by atoms with Crippen LogP contribution in [0.5, 0.6) is 11.5 Å². The number of nitrogens with zero attached hydrogens (tertiary/aromatic N) is 2. The van der Waals surface area contributed by atoms with Gasteiger partial charge in [-0.05, 0) is 54.1 Å². The highest BCUT2D eigenvalue weighted by molar-refractivity contribution is 7.90. The van der Waals surface area contributed by atoms with E-state index in [1.165, 1.54) is 25.5 Å². The molecule has 0 aliphatic carbocycles. The molecule has 9 nitrogen and oxygen atoms in total. The van der Waals surface area contributed by atoms with E-state index in [2.05, 4.69) is 5.32 Å². The number of ether oxygens (including phenoxy) is 1. The molecular weight excluding hydrogens is 494 g/mol. The second-order valence-electron chi connectivity index (χ2n) is 8.78. The summed E-state index contributed by atoms with van der Waals surface area (Å²) in [5.41, 5.74) is 1.52. The van der Waals surface area contributed by atoms with E-state index in [-0.39, 0.29) is 16.6 Å². The average molecular weight is 524 g/mol. The van der Waals surface area contributed by atoms with E-state index < -0.39 is 21.8 Å². The van der Waals surface area contributed by atoms with E-state index in [1.807, 2.05) is 4.90 Å². The number of sulfone groups is 1. The number of carbonyl (C=O) groups is 2. The summed E-state index contributed by atoms with van der Waals surface area (Å²) < 4.78 is 29.6. The predicted molar refractivity (Wildman–Crippen MR) is 140 cm³/mol. The Hall–Kier alpha value is -4.05. The van der Waals surface area contributed by atoms with E-state index in [9.17, 15) is 23.1 Å². The number of piperazine rings is 1. The molecule has 194 valence electrons. The van der Waals surface area contributed by atoms with E-state index in [0.717, 1.165) is 0 Å². The smallest absolute Gasteiger partial charge is 0.252 e. The van der Waals surface area contributed by atoms with Crippen LogP contribution in [0.4, 0.5) is 5.69 Å². The Bertz CT molecular complexity index is 1370. The van der Waals surface area contributed by atoms with E-state index in [1.54, 1.807) is 65.6 Å². The monoisotopic (exact) mass is 523 g/mol. The van der Waals surface area contributed by atoms with Crippen molar-refractivity contribution in [3.05, 3.63) is 83.9 Å². The van der Waals surface area contributed by atoms with Crippen LogP contribution in [0.3, 0.4) is 0 Å². The Morgan fingerprint density at radius 1 is 0.919 bits per heavy atom. The molecule has 1 heterocycles. The molecule has 1 atom stereocenters. The molecule has 0 aromatic heterocycles. The lowest BCUT2D eigenvalue weighted by atomic mass is 10.0. The molecule has 0 unspecified atom stereocenters. The van der Waals surface area contributed by atoms with Gasteiger partial charge in [0.15, 0.2) is 9.84 Å². The molecule has 1 aliphatic rings. The zero-order valence-corrected chi connectivity index (χ0v) is 21.4. The summed E-state index contributed by atoms with van der Waals surface area (Å²) in [5.74, 6) is -0.0500. The quantitative estimate of drug-likeness (QED) is 0.489. The SMILES string of the molecule is COc1ccc(C(=O)N[C@@H](C(=O)N2CCN(c3ccccc3S(C)(=O)=O)CC2)c2ccc(O)cc2)cc1. The molecule has 1 saturated heterocycles. The van der Waals surface area contributed by atoms with Crippen molar-refractivity contribution in [2.45, 2.75) is 10.9 Å². The van der Waals surface area contributed by atoms with Crippen LogP contribution in [-0.4, -0.2) is 69.8 Å². The highest BCUT2D eigenvalue weighted by Crippen LogP contribution is 2.27. The lowest BCUT2D eigenvalue weighted by Crippen LogP contribution is -2.52. The number of benzene rings is 3. The van der Waals surface area contributed by atoms with Gasteiger partial charge in [-0.1, -0.05) is 24.3 Å². The average Bonchev–Trinajstić information content (AvgIpc) is 2.91. The molecule has 3 aromatic carbocycles. The summed E-state index contributed by atoms with van der Waals surface area (Å²) in [7, 11) is -1.87. The van der Waals surface area contributed by atoms with E-state index in [0.29, 0.717) is 48.7 Å². The number of phenols is 1. The fourth-order valence-electron chi connectivity index (χ4n) is 4.29. The maximum atomic E-state index is 13.6. The number of carbonyl (C=O) groups excluding carboxylic acids is 2. The third-order valence-electron chi connectivity index (χ3n) is 6.30. The lowest BCUT2D eigenvalue weighted by molar-refractivity contribution is -0.133. The molecule has 0 saturated carbocycles. The molecular formula is C27H29N3O6S. The van der Waals surface area contributed by atoms with Crippen molar-refractivity contribution < 1.29 is 27.9 Å². The van der Waals surface area contributed by atoms with Crippen molar-refractivity contribution in [1.29, 1.82) is 0 Å². The second kappa shape index (κ2) is 10.9. The summed E-state index contributed by atoms with van der Waals surface area (Å²) in [6, 6.07) is 18.6. The topological polar surface area (TPSA) is 116 Å². The summed E-state index contributed by atoms with van der Waals surface area (Å²) in [5, 5.41) is 12.5. The standard InChI is InChI=1S/C27H29N3O6S/c1-36-22-13-9-20(10-14-22)26(32)28-25(19-7-11-21(31)12-8-19)27(33)30-17-15-29(16-18-30)23-5-3-4-6-24(23)37(2,34)35/h3-14,25,31H,15-18H2,1-2H3,(H,28,32)/t25-/m1/s1. The Morgan fingerprint density at radius 3 is 2.14 bits per heavy atom. The van der Waals surface area contributed by atoms with Gasteiger partial charge in [-0.25, -0.2) is 8.42 Å². The Morgan fingerprint density at radius 2 is 1.54 bits per heavy atom. The Balaban J connectivity index is 1.52. The van der Waals surface area contributed by atoms with Crippen LogP contribution in [0.25, 0.3) is 0 Å². The fourth-order valence-corrected chi connectivity index (χ4v) is 5.20. The van der Waals surface area contributed by atoms with Gasteiger partial charge in [0.2, 0.25) is 5.91 Å². The highest BCUT2D eigenvalue weighted by Gasteiger charge is 2.31. The molecule has 2 amide bonds. The predicted octanol–water partition coefficient (Wildman–Crippen LogP) is 2.62. The van der Waals surface area contributed by atoms with Gasteiger partial charge in [0.1, 0.15) is 17.5 Å². The number of amides is 2. The van der Waals surface area contributed by atoms with Crippen LogP contribution in [0.2, 0.25) is 0 Å². The molecule has 2 N–H and O–H groups in total.